The highest BCUT2D eigenvalue weighted by molar-refractivity contribution is 5.93. The van der Waals surface area contributed by atoms with Crippen LogP contribution in [-0.2, 0) is 20.9 Å². The molecule has 0 bridgehead atoms. The van der Waals surface area contributed by atoms with E-state index in [0.717, 1.165) is 13.0 Å². The Morgan fingerprint density at radius 2 is 2.08 bits per heavy atom. The van der Waals surface area contributed by atoms with Crippen molar-refractivity contribution in [3.05, 3.63) is 30.4 Å². The second-order valence-electron chi connectivity index (χ2n) is 6.50. The molecule has 0 aliphatic heterocycles. The molecular weight excluding hydrogens is 334 g/mol. The molecule has 0 saturated carbocycles. The number of carbonyl (C=O) groups is 3. The Bertz CT molecular complexity index is 610. The van der Waals surface area contributed by atoms with Crippen molar-refractivity contribution < 1.29 is 14.4 Å². The quantitative estimate of drug-likeness (QED) is 0.341. The zero-order valence-electron chi connectivity index (χ0n) is 15.9. The molecule has 1 aromatic heterocycles. The van der Waals surface area contributed by atoms with Crippen molar-refractivity contribution in [1.29, 1.82) is 0 Å². The van der Waals surface area contributed by atoms with Crippen molar-refractivity contribution in [3.63, 3.8) is 0 Å². The summed E-state index contributed by atoms with van der Waals surface area (Å²) in [4.78, 5) is 40.2. The van der Waals surface area contributed by atoms with E-state index in [4.69, 9.17) is 0 Å². The molecule has 0 aliphatic rings. The zero-order chi connectivity index (χ0) is 19.5. The predicted octanol–water partition coefficient (Wildman–Crippen LogP) is 0.565. The van der Waals surface area contributed by atoms with Gasteiger partial charge >= 0.3 is 0 Å². The lowest BCUT2D eigenvalue weighted by atomic mass is 10.00. The topological polar surface area (TPSA) is 96.3 Å². The van der Waals surface area contributed by atoms with Gasteiger partial charge in [0, 0.05) is 38.1 Å². The fraction of sp³-hybridized carbons (Fsp3) is 0.556. The first kappa shape index (κ1) is 21.4. The van der Waals surface area contributed by atoms with Crippen LogP contribution in [-0.4, -0.2) is 58.9 Å². The maximum atomic E-state index is 12.3. The lowest BCUT2D eigenvalue weighted by Gasteiger charge is -2.29. The molecule has 8 nitrogen and oxygen atoms in total. The molecular formula is C18H29N5O3. The van der Waals surface area contributed by atoms with Crippen LogP contribution < -0.4 is 10.6 Å². The third-order valence-electron chi connectivity index (χ3n) is 4.08. The van der Waals surface area contributed by atoms with Gasteiger partial charge in [0.2, 0.25) is 18.2 Å². The molecule has 1 heterocycles. The Morgan fingerprint density at radius 3 is 2.65 bits per heavy atom. The van der Waals surface area contributed by atoms with Crippen molar-refractivity contribution >= 4 is 18.2 Å². The van der Waals surface area contributed by atoms with Crippen LogP contribution in [0.5, 0.6) is 0 Å². The van der Waals surface area contributed by atoms with Crippen LogP contribution in [0.25, 0.3) is 0 Å². The highest BCUT2D eigenvalue weighted by Gasteiger charge is 2.22. The van der Waals surface area contributed by atoms with Crippen LogP contribution in [0, 0.1) is 5.92 Å². The number of rotatable bonds is 11. The van der Waals surface area contributed by atoms with Crippen molar-refractivity contribution in [2.45, 2.75) is 39.8 Å². The van der Waals surface area contributed by atoms with Crippen LogP contribution in [0.15, 0.2) is 30.4 Å². The number of carbonyl (C=O) groups excluding carboxylic acids is 3. The second kappa shape index (κ2) is 11.1. The molecule has 0 fully saturated rings. The first-order valence-corrected chi connectivity index (χ1v) is 8.71. The Balaban J connectivity index is 2.56. The molecule has 0 aliphatic carbocycles. The van der Waals surface area contributed by atoms with Crippen LogP contribution in [0.4, 0.5) is 0 Å². The Labute approximate surface area is 154 Å². The number of aryl methyl sites for hydroxylation is 1. The van der Waals surface area contributed by atoms with Gasteiger partial charge < -0.3 is 20.1 Å². The SMILES string of the molecule is CC(=C[C@H](C(C)C)N(C)C(=O)CNC=O)C(=O)NCCCn1ccnc1. The van der Waals surface area contributed by atoms with Gasteiger partial charge in [-0.15, -0.1) is 0 Å². The van der Waals surface area contributed by atoms with Gasteiger partial charge in [0.25, 0.3) is 0 Å². The van der Waals surface area contributed by atoms with E-state index in [9.17, 15) is 14.4 Å². The van der Waals surface area contributed by atoms with Gasteiger partial charge in [-0.05, 0) is 19.3 Å². The minimum atomic E-state index is -0.229. The van der Waals surface area contributed by atoms with Crippen LogP contribution in [0.2, 0.25) is 0 Å². The minimum absolute atomic E-state index is 0.0590. The van der Waals surface area contributed by atoms with Gasteiger partial charge in [-0.3, -0.25) is 14.4 Å². The minimum Gasteiger partial charge on any atom is -0.352 e. The molecule has 26 heavy (non-hydrogen) atoms. The van der Waals surface area contributed by atoms with E-state index in [2.05, 4.69) is 15.6 Å². The summed E-state index contributed by atoms with van der Waals surface area (Å²) in [6, 6.07) is -0.229. The fourth-order valence-electron chi connectivity index (χ4n) is 2.53. The standard InChI is InChI=1S/C18H29N5O3/c1-14(2)16(22(4)17(25)11-20-13-24)10-15(3)18(26)21-6-5-8-23-9-7-19-12-23/h7,9-10,12-14,16H,5-6,8,11H2,1-4H3,(H,20,24)(H,21,26)/t16-/m1/s1. The molecule has 144 valence electrons. The van der Waals surface area contributed by atoms with E-state index < -0.39 is 0 Å². The van der Waals surface area contributed by atoms with E-state index in [0.29, 0.717) is 18.5 Å². The lowest BCUT2D eigenvalue weighted by molar-refractivity contribution is -0.132. The van der Waals surface area contributed by atoms with Crippen molar-refractivity contribution in [2.75, 3.05) is 20.1 Å². The lowest BCUT2D eigenvalue weighted by Crippen LogP contribution is -2.43. The molecule has 0 aromatic carbocycles. The van der Waals surface area contributed by atoms with Crippen molar-refractivity contribution in [2.24, 2.45) is 5.92 Å². The summed E-state index contributed by atoms with van der Waals surface area (Å²) in [5, 5.41) is 5.26. The Hall–Kier alpha value is -2.64. The first-order chi connectivity index (χ1) is 12.4. The number of nitrogens with zero attached hydrogens (tertiary/aromatic N) is 3. The molecule has 1 atom stereocenters. The van der Waals surface area contributed by atoms with E-state index in [1.165, 1.54) is 0 Å². The Kier molecular flexibility index (Phi) is 9.11. The molecule has 8 heteroatoms. The van der Waals surface area contributed by atoms with E-state index in [1.54, 1.807) is 37.5 Å². The summed E-state index contributed by atoms with van der Waals surface area (Å²) >= 11 is 0. The van der Waals surface area contributed by atoms with Gasteiger partial charge in [0.15, 0.2) is 0 Å². The van der Waals surface area contributed by atoms with Gasteiger partial charge in [0.05, 0.1) is 18.9 Å². The molecule has 0 spiro atoms. The number of aromatic nitrogens is 2. The fourth-order valence-corrected chi connectivity index (χ4v) is 2.53. The van der Waals surface area contributed by atoms with Crippen LogP contribution >= 0.6 is 0 Å². The summed E-state index contributed by atoms with van der Waals surface area (Å²) in [5.74, 6) is -0.224. The number of hydrogen-bond donors (Lipinski definition) is 2. The molecule has 0 saturated heterocycles. The number of amides is 3. The maximum absolute atomic E-state index is 12.3. The second-order valence-corrected chi connectivity index (χ2v) is 6.50. The van der Waals surface area contributed by atoms with Gasteiger partial charge in [-0.1, -0.05) is 19.9 Å². The molecule has 2 N–H and O–H groups in total. The summed E-state index contributed by atoms with van der Waals surface area (Å²) in [5.41, 5.74) is 0.564. The number of hydrogen-bond acceptors (Lipinski definition) is 4. The molecule has 0 radical (unpaired) electrons. The van der Waals surface area contributed by atoms with Crippen LogP contribution in [0.1, 0.15) is 27.2 Å². The van der Waals surface area contributed by atoms with Crippen molar-refractivity contribution in [3.8, 4) is 0 Å². The highest BCUT2D eigenvalue weighted by atomic mass is 16.2. The third kappa shape index (κ3) is 7.08. The van der Waals surface area contributed by atoms with E-state index in [1.807, 2.05) is 24.6 Å². The van der Waals surface area contributed by atoms with E-state index >= 15 is 0 Å². The zero-order valence-corrected chi connectivity index (χ0v) is 15.9. The van der Waals surface area contributed by atoms with Crippen LogP contribution in [0.3, 0.4) is 0 Å². The predicted molar refractivity (Wildman–Crippen MR) is 99.1 cm³/mol. The highest BCUT2D eigenvalue weighted by Crippen LogP contribution is 2.13. The number of imidazole rings is 1. The Morgan fingerprint density at radius 1 is 1.35 bits per heavy atom. The number of likely N-dealkylation sites (N-methyl/N-ethyl adjacent to an activating group) is 1. The molecule has 1 rings (SSSR count). The van der Waals surface area contributed by atoms with Crippen molar-refractivity contribution in [1.82, 2.24) is 25.1 Å². The normalized spacial score (nSPS) is 12.6. The monoisotopic (exact) mass is 363 g/mol. The smallest absolute Gasteiger partial charge is 0.246 e. The van der Waals surface area contributed by atoms with Gasteiger partial charge in [-0.2, -0.15) is 0 Å². The van der Waals surface area contributed by atoms with Gasteiger partial charge in [-0.25, -0.2) is 4.98 Å². The summed E-state index contributed by atoms with van der Waals surface area (Å²) in [6.07, 6.45) is 8.45. The third-order valence-corrected chi connectivity index (χ3v) is 4.08. The molecule has 0 unspecified atom stereocenters. The van der Waals surface area contributed by atoms with Gasteiger partial charge in [0.1, 0.15) is 0 Å². The largest absolute Gasteiger partial charge is 0.352 e. The molecule has 1 aromatic rings. The average molecular weight is 363 g/mol. The average Bonchev–Trinajstić information content (AvgIpc) is 3.13. The maximum Gasteiger partial charge on any atom is 0.246 e. The summed E-state index contributed by atoms with van der Waals surface area (Å²) < 4.78 is 1.96. The van der Waals surface area contributed by atoms with E-state index in [-0.39, 0.29) is 30.3 Å². The molecule has 3 amide bonds. The number of nitrogens with one attached hydrogen (secondary N) is 2. The summed E-state index contributed by atoms with van der Waals surface area (Å²) in [6.45, 7) is 6.99. The summed E-state index contributed by atoms with van der Waals surface area (Å²) in [7, 11) is 1.67. The first-order valence-electron chi connectivity index (χ1n) is 8.71.